The predicted octanol–water partition coefficient (Wildman–Crippen LogP) is 2.33. The zero-order valence-electron chi connectivity index (χ0n) is 11.7. The first kappa shape index (κ1) is 14.8. The molecule has 0 radical (unpaired) electrons. The average Bonchev–Trinajstić information content (AvgIpc) is 2.43. The van der Waals surface area contributed by atoms with Crippen molar-refractivity contribution in [2.45, 2.75) is 26.4 Å². The molecule has 0 aromatic heterocycles. The Hall–Kier alpha value is -0.610. The molecule has 19 heavy (non-hydrogen) atoms. The Morgan fingerprint density at radius 3 is 2.42 bits per heavy atom. The number of rotatable bonds is 5. The van der Waals surface area contributed by atoms with Crippen molar-refractivity contribution in [1.29, 1.82) is 0 Å². The van der Waals surface area contributed by atoms with Crippen molar-refractivity contribution >= 4 is 11.6 Å². The highest BCUT2D eigenvalue weighted by atomic mass is 35.5. The molecule has 1 fully saturated rings. The van der Waals surface area contributed by atoms with Gasteiger partial charge in [0.2, 0.25) is 0 Å². The van der Waals surface area contributed by atoms with Gasteiger partial charge in [-0.1, -0.05) is 30.7 Å². The van der Waals surface area contributed by atoms with Gasteiger partial charge in [-0.05, 0) is 30.2 Å². The zero-order valence-corrected chi connectivity index (χ0v) is 12.5. The largest absolute Gasteiger partial charge is 0.326 e. The first-order chi connectivity index (χ1) is 9.22. The quantitative estimate of drug-likeness (QED) is 0.899. The normalized spacial score (nSPS) is 17.8. The number of benzene rings is 1. The third kappa shape index (κ3) is 4.18. The summed E-state index contributed by atoms with van der Waals surface area (Å²) in [5.41, 5.74) is 7.93. The van der Waals surface area contributed by atoms with Crippen LogP contribution in [0.4, 0.5) is 0 Å². The number of nitrogens with two attached hydrogens (primary N) is 1. The van der Waals surface area contributed by atoms with E-state index in [9.17, 15) is 0 Å². The lowest BCUT2D eigenvalue weighted by Gasteiger charge is -2.34. The summed E-state index contributed by atoms with van der Waals surface area (Å²) in [6, 6.07) is 6.18. The van der Waals surface area contributed by atoms with Crippen molar-refractivity contribution < 1.29 is 0 Å². The molecule has 1 aliphatic heterocycles. The fraction of sp³-hybridized carbons (Fsp3) is 0.600. The molecule has 0 bridgehead atoms. The second-order valence-electron chi connectivity index (χ2n) is 5.25. The van der Waals surface area contributed by atoms with E-state index >= 15 is 0 Å². The second kappa shape index (κ2) is 7.25. The molecule has 1 heterocycles. The second-order valence-corrected chi connectivity index (χ2v) is 5.65. The zero-order chi connectivity index (χ0) is 13.7. The Morgan fingerprint density at radius 1 is 1.16 bits per heavy atom. The van der Waals surface area contributed by atoms with Gasteiger partial charge in [0.15, 0.2) is 0 Å². The average molecular weight is 282 g/mol. The molecule has 4 heteroatoms. The molecule has 0 saturated carbocycles. The summed E-state index contributed by atoms with van der Waals surface area (Å²) in [7, 11) is 0. The Balaban J connectivity index is 1.88. The highest BCUT2D eigenvalue weighted by Crippen LogP contribution is 2.20. The standard InChI is InChI=1S/C15H24ClN3/c1-2-5-18-6-8-19(9-7-18)12-14-4-3-13(11-17)10-15(14)16/h3-4,10H,2,5-9,11-12,17H2,1H3. The van der Waals surface area contributed by atoms with Crippen LogP contribution < -0.4 is 5.73 Å². The molecule has 0 atom stereocenters. The molecule has 1 saturated heterocycles. The molecule has 0 unspecified atom stereocenters. The topological polar surface area (TPSA) is 32.5 Å². The Morgan fingerprint density at radius 2 is 1.84 bits per heavy atom. The lowest BCUT2D eigenvalue weighted by molar-refractivity contribution is 0.127. The molecule has 1 aromatic carbocycles. The predicted molar refractivity (Wildman–Crippen MR) is 81.4 cm³/mol. The fourth-order valence-electron chi connectivity index (χ4n) is 2.57. The molecular formula is C15H24ClN3. The third-order valence-electron chi connectivity index (χ3n) is 3.75. The van der Waals surface area contributed by atoms with Crippen LogP contribution in [0.5, 0.6) is 0 Å². The molecule has 0 aliphatic carbocycles. The van der Waals surface area contributed by atoms with Gasteiger partial charge < -0.3 is 10.6 Å². The van der Waals surface area contributed by atoms with Crippen LogP contribution in [-0.2, 0) is 13.1 Å². The maximum atomic E-state index is 6.31. The van der Waals surface area contributed by atoms with E-state index in [-0.39, 0.29) is 0 Å². The summed E-state index contributed by atoms with van der Waals surface area (Å²) in [5.74, 6) is 0. The van der Waals surface area contributed by atoms with Crippen LogP contribution in [0, 0.1) is 0 Å². The van der Waals surface area contributed by atoms with E-state index in [0.717, 1.165) is 30.2 Å². The molecule has 1 aliphatic rings. The van der Waals surface area contributed by atoms with Gasteiger partial charge in [-0.25, -0.2) is 0 Å². The van der Waals surface area contributed by atoms with Crippen LogP contribution in [0.3, 0.4) is 0 Å². The molecule has 2 N–H and O–H groups in total. The van der Waals surface area contributed by atoms with Gasteiger partial charge in [0.25, 0.3) is 0 Å². The van der Waals surface area contributed by atoms with Gasteiger partial charge >= 0.3 is 0 Å². The Bertz CT molecular complexity index is 400. The minimum Gasteiger partial charge on any atom is -0.326 e. The van der Waals surface area contributed by atoms with Crippen molar-refractivity contribution in [3.05, 3.63) is 34.3 Å². The summed E-state index contributed by atoms with van der Waals surface area (Å²) in [6.45, 7) is 9.58. The van der Waals surface area contributed by atoms with Crippen LogP contribution in [0.1, 0.15) is 24.5 Å². The number of nitrogens with zero attached hydrogens (tertiary/aromatic N) is 2. The van der Waals surface area contributed by atoms with Gasteiger partial charge in [0.05, 0.1) is 0 Å². The molecule has 0 amide bonds. The van der Waals surface area contributed by atoms with Crippen molar-refractivity contribution in [3.8, 4) is 0 Å². The van der Waals surface area contributed by atoms with E-state index < -0.39 is 0 Å². The molecule has 3 nitrogen and oxygen atoms in total. The first-order valence-corrected chi connectivity index (χ1v) is 7.52. The molecule has 2 rings (SSSR count). The van der Waals surface area contributed by atoms with Crippen LogP contribution in [0.25, 0.3) is 0 Å². The number of piperazine rings is 1. The van der Waals surface area contributed by atoms with E-state index in [1.165, 1.54) is 31.6 Å². The molecule has 1 aromatic rings. The third-order valence-corrected chi connectivity index (χ3v) is 4.10. The first-order valence-electron chi connectivity index (χ1n) is 7.15. The van der Waals surface area contributed by atoms with Crippen LogP contribution in [-0.4, -0.2) is 42.5 Å². The fourth-order valence-corrected chi connectivity index (χ4v) is 2.84. The van der Waals surface area contributed by atoms with Crippen molar-refractivity contribution in [1.82, 2.24) is 9.80 Å². The van der Waals surface area contributed by atoms with Crippen LogP contribution in [0.15, 0.2) is 18.2 Å². The summed E-state index contributed by atoms with van der Waals surface area (Å²) in [6.07, 6.45) is 1.24. The molecule has 106 valence electrons. The van der Waals surface area contributed by atoms with Crippen LogP contribution in [0.2, 0.25) is 5.02 Å². The monoisotopic (exact) mass is 281 g/mol. The van der Waals surface area contributed by atoms with E-state index in [1.54, 1.807) is 0 Å². The highest BCUT2D eigenvalue weighted by Gasteiger charge is 2.16. The summed E-state index contributed by atoms with van der Waals surface area (Å²) in [4.78, 5) is 5.02. The van der Waals surface area contributed by atoms with E-state index in [1.807, 2.05) is 6.07 Å². The maximum Gasteiger partial charge on any atom is 0.0454 e. The highest BCUT2D eigenvalue weighted by molar-refractivity contribution is 6.31. The van der Waals surface area contributed by atoms with Crippen molar-refractivity contribution in [2.24, 2.45) is 5.73 Å². The Labute approximate surface area is 121 Å². The molecular weight excluding hydrogens is 258 g/mol. The Kier molecular flexibility index (Phi) is 5.64. The summed E-state index contributed by atoms with van der Waals surface area (Å²) >= 11 is 6.31. The summed E-state index contributed by atoms with van der Waals surface area (Å²) < 4.78 is 0. The van der Waals surface area contributed by atoms with E-state index in [2.05, 4.69) is 28.9 Å². The van der Waals surface area contributed by atoms with E-state index in [0.29, 0.717) is 6.54 Å². The maximum absolute atomic E-state index is 6.31. The lowest BCUT2D eigenvalue weighted by atomic mass is 10.1. The van der Waals surface area contributed by atoms with Crippen LogP contribution >= 0.6 is 11.6 Å². The molecule has 0 spiro atoms. The summed E-state index contributed by atoms with van der Waals surface area (Å²) in [5, 5.41) is 0.846. The van der Waals surface area contributed by atoms with Gasteiger partial charge in [0.1, 0.15) is 0 Å². The number of hydrogen-bond donors (Lipinski definition) is 1. The smallest absolute Gasteiger partial charge is 0.0454 e. The van der Waals surface area contributed by atoms with E-state index in [4.69, 9.17) is 17.3 Å². The minimum atomic E-state index is 0.551. The van der Waals surface area contributed by atoms with Crippen molar-refractivity contribution in [2.75, 3.05) is 32.7 Å². The number of halogens is 1. The van der Waals surface area contributed by atoms with Gasteiger partial charge in [-0.15, -0.1) is 0 Å². The SMILES string of the molecule is CCCN1CCN(Cc2ccc(CN)cc2Cl)CC1. The number of hydrogen-bond acceptors (Lipinski definition) is 3. The van der Waals surface area contributed by atoms with Gasteiger partial charge in [0, 0.05) is 44.3 Å². The van der Waals surface area contributed by atoms with Gasteiger partial charge in [-0.3, -0.25) is 4.90 Å². The van der Waals surface area contributed by atoms with Gasteiger partial charge in [-0.2, -0.15) is 0 Å². The lowest BCUT2D eigenvalue weighted by Crippen LogP contribution is -2.46. The minimum absolute atomic E-state index is 0.551. The van der Waals surface area contributed by atoms with Crippen molar-refractivity contribution in [3.63, 3.8) is 0 Å².